The van der Waals surface area contributed by atoms with Crippen LogP contribution in [0.4, 0.5) is 0 Å². The van der Waals surface area contributed by atoms with Gasteiger partial charge in [-0.05, 0) is 18.1 Å². The Bertz CT molecular complexity index is 781. The summed E-state index contributed by atoms with van der Waals surface area (Å²) < 4.78 is 11.0. The number of rotatable bonds is 2. The molecule has 3 heterocycles. The molecule has 0 aliphatic carbocycles. The van der Waals surface area contributed by atoms with Crippen LogP contribution in [0, 0.1) is 5.41 Å². The van der Waals surface area contributed by atoms with E-state index in [1.54, 1.807) is 17.0 Å². The molecule has 3 aliphatic heterocycles. The summed E-state index contributed by atoms with van der Waals surface area (Å²) in [5.41, 5.74) is -0.104. The van der Waals surface area contributed by atoms with Crippen LogP contribution in [-0.4, -0.2) is 48.9 Å². The molecule has 1 aromatic rings. The number of carbonyl (C=O) groups is 3. The maximum atomic E-state index is 12.6. The highest BCUT2D eigenvalue weighted by Gasteiger charge is 2.51. The summed E-state index contributed by atoms with van der Waals surface area (Å²) in [6.45, 7) is 1.66. The van der Waals surface area contributed by atoms with Crippen molar-refractivity contribution in [3.05, 3.63) is 22.7 Å². The third-order valence-electron chi connectivity index (χ3n) is 4.99. The number of likely N-dealkylation sites (tertiary alicyclic amines) is 1. The summed E-state index contributed by atoms with van der Waals surface area (Å²) in [4.78, 5) is 37.8. The minimum atomic E-state index is -0.761. The molecule has 2 fully saturated rings. The molecule has 1 spiro atoms. The van der Waals surface area contributed by atoms with Gasteiger partial charge in [-0.3, -0.25) is 19.7 Å². The average Bonchev–Trinajstić information content (AvgIpc) is 3.12. The summed E-state index contributed by atoms with van der Waals surface area (Å²) in [5, 5.41) is 2.78. The second kappa shape index (κ2) is 5.91. The first-order valence-corrected chi connectivity index (χ1v) is 8.55. The van der Waals surface area contributed by atoms with Crippen LogP contribution in [0.25, 0.3) is 0 Å². The number of ether oxygens (including phenoxy) is 2. The van der Waals surface area contributed by atoms with Crippen molar-refractivity contribution in [1.82, 2.24) is 10.2 Å². The summed E-state index contributed by atoms with van der Waals surface area (Å²) in [6, 6.07) is 3.39. The summed E-state index contributed by atoms with van der Waals surface area (Å²) in [6.07, 6.45) is 0.771. The van der Waals surface area contributed by atoms with Crippen LogP contribution < -0.4 is 14.8 Å². The van der Waals surface area contributed by atoms with Crippen molar-refractivity contribution in [2.45, 2.75) is 19.3 Å². The third-order valence-corrected chi connectivity index (χ3v) is 5.34. The standard InChI is InChI=1S/C17H17ClN2O5/c18-11-7-13-12(24-3-4-25-13)5-10(11)6-15(22)20-2-1-17(9-20)8-14(21)19-16(17)23/h5,7H,1-4,6,8-9H2,(H,19,21,23)/t17-/m1/s1. The van der Waals surface area contributed by atoms with E-state index in [2.05, 4.69) is 5.32 Å². The molecule has 1 atom stereocenters. The molecular weight excluding hydrogens is 348 g/mol. The zero-order valence-corrected chi connectivity index (χ0v) is 14.2. The molecule has 1 aromatic carbocycles. The molecule has 7 nitrogen and oxygen atoms in total. The number of carbonyl (C=O) groups excluding carboxylic acids is 3. The number of fused-ring (bicyclic) bond motifs is 1. The van der Waals surface area contributed by atoms with E-state index in [0.29, 0.717) is 48.3 Å². The predicted molar refractivity (Wildman–Crippen MR) is 87.5 cm³/mol. The van der Waals surface area contributed by atoms with E-state index in [-0.39, 0.29) is 37.1 Å². The lowest BCUT2D eigenvalue weighted by atomic mass is 9.85. The largest absolute Gasteiger partial charge is 0.486 e. The highest BCUT2D eigenvalue weighted by Crippen LogP contribution is 2.39. The third kappa shape index (κ3) is 2.82. The van der Waals surface area contributed by atoms with Gasteiger partial charge in [0.2, 0.25) is 17.7 Å². The molecule has 0 saturated carbocycles. The fourth-order valence-corrected chi connectivity index (χ4v) is 3.84. The summed E-state index contributed by atoms with van der Waals surface area (Å²) in [7, 11) is 0. The normalized spacial score (nSPS) is 24.8. The zero-order chi connectivity index (χ0) is 17.6. The summed E-state index contributed by atoms with van der Waals surface area (Å²) in [5.74, 6) is 0.493. The Morgan fingerprint density at radius 1 is 1.24 bits per heavy atom. The number of benzene rings is 1. The quantitative estimate of drug-likeness (QED) is 0.789. The van der Waals surface area contributed by atoms with Crippen molar-refractivity contribution >= 4 is 29.3 Å². The molecule has 4 rings (SSSR count). The van der Waals surface area contributed by atoms with Gasteiger partial charge in [0.05, 0.1) is 11.8 Å². The van der Waals surface area contributed by atoms with Gasteiger partial charge in [-0.1, -0.05) is 11.6 Å². The van der Waals surface area contributed by atoms with Crippen molar-refractivity contribution in [3.63, 3.8) is 0 Å². The molecule has 0 unspecified atom stereocenters. The van der Waals surface area contributed by atoms with Gasteiger partial charge in [-0.15, -0.1) is 0 Å². The first-order chi connectivity index (χ1) is 12.0. The van der Waals surface area contributed by atoms with Gasteiger partial charge < -0.3 is 14.4 Å². The number of nitrogens with zero attached hydrogens (tertiary/aromatic N) is 1. The molecule has 8 heteroatoms. The fourth-order valence-electron chi connectivity index (χ4n) is 3.62. The number of hydrogen-bond acceptors (Lipinski definition) is 5. The van der Waals surface area contributed by atoms with E-state index in [0.717, 1.165) is 0 Å². The van der Waals surface area contributed by atoms with Crippen molar-refractivity contribution in [1.29, 1.82) is 0 Å². The van der Waals surface area contributed by atoms with Crippen LogP contribution in [0.15, 0.2) is 12.1 Å². The Morgan fingerprint density at radius 2 is 1.96 bits per heavy atom. The second-order valence-corrected chi connectivity index (χ2v) is 7.07. The van der Waals surface area contributed by atoms with Gasteiger partial charge in [-0.25, -0.2) is 0 Å². The molecule has 0 aromatic heterocycles. The Kier molecular flexibility index (Phi) is 3.83. The Balaban J connectivity index is 1.48. The van der Waals surface area contributed by atoms with E-state index in [4.69, 9.17) is 21.1 Å². The molecule has 2 saturated heterocycles. The predicted octanol–water partition coefficient (Wildman–Crippen LogP) is 0.919. The smallest absolute Gasteiger partial charge is 0.235 e. The molecular formula is C17H17ClN2O5. The van der Waals surface area contributed by atoms with Gasteiger partial charge >= 0.3 is 0 Å². The molecule has 3 aliphatic rings. The number of amides is 3. The van der Waals surface area contributed by atoms with E-state index < -0.39 is 5.41 Å². The zero-order valence-electron chi connectivity index (χ0n) is 13.5. The second-order valence-electron chi connectivity index (χ2n) is 6.66. The van der Waals surface area contributed by atoms with Crippen LogP contribution >= 0.6 is 11.6 Å². The van der Waals surface area contributed by atoms with Gasteiger partial charge in [0.25, 0.3) is 0 Å². The maximum Gasteiger partial charge on any atom is 0.235 e. The molecule has 1 N–H and O–H groups in total. The molecule has 3 amide bonds. The van der Waals surface area contributed by atoms with Crippen LogP contribution in [-0.2, 0) is 20.8 Å². The van der Waals surface area contributed by atoms with Crippen LogP contribution in [0.5, 0.6) is 11.5 Å². The van der Waals surface area contributed by atoms with Crippen molar-refractivity contribution in [2.24, 2.45) is 5.41 Å². The number of hydrogen-bond donors (Lipinski definition) is 1. The first kappa shape index (κ1) is 16.2. The number of imide groups is 1. The number of nitrogens with one attached hydrogen (secondary N) is 1. The van der Waals surface area contributed by atoms with Gasteiger partial charge in [0.1, 0.15) is 13.2 Å². The van der Waals surface area contributed by atoms with Crippen LogP contribution in [0.3, 0.4) is 0 Å². The van der Waals surface area contributed by atoms with Crippen molar-refractivity contribution in [3.8, 4) is 11.5 Å². The van der Waals surface area contributed by atoms with Gasteiger partial charge in [0, 0.05) is 30.6 Å². The van der Waals surface area contributed by atoms with E-state index in [1.165, 1.54) is 0 Å². The minimum Gasteiger partial charge on any atom is -0.486 e. The van der Waals surface area contributed by atoms with E-state index >= 15 is 0 Å². The van der Waals surface area contributed by atoms with Crippen molar-refractivity contribution in [2.75, 3.05) is 26.3 Å². The maximum absolute atomic E-state index is 12.6. The molecule has 0 bridgehead atoms. The Hall–Kier alpha value is -2.28. The van der Waals surface area contributed by atoms with Gasteiger partial charge in [0.15, 0.2) is 11.5 Å². The lowest BCUT2D eigenvalue weighted by Gasteiger charge is -2.22. The lowest BCUT2D eigenvalue weighted by molar-refractivity contribution is -0.131. The van der Waals surface area contributed by atoms with Crippen molar-refractivity contribution < 1.29 is 23.9 Å². The Morgan fingerprint density at radius 3 is 2.64 bits per heavy atom. The summed E-state index contributed by atoms with van der Waals surface area (Å²) >= 11 is 6.26. The molecule has 0 radical (unpaired) electrons. The highest BCUT2D eigenvalue weighted by atomic mass is 35.5. The topological polar surface area (TPSA) is 84.9 Å². The Labute approximate surface area is 149 Å². The minimum absolute atomic E-state index is 0.112. The highest BCUT2D eigenvalue weighted by molar-refractivity contribution is 6.31. The molecule has 25 heavy (non-hydrogen) atoms. The SMILES string of the molecule is O=C1C[C@@]2(CCN(C(=O)Cc3cc4c(cc3Cl)OCCO4)C2)C(=O)N1. The van der Waals surface area contributed by atoms with Crippen LogP contribution in [0.1, 0.15) is 18.4 Å². The van der Waals surface area contributed by atoms with Crippen LogP contribution in [0.2, 0.25) is 5.02 Å². The monoisotopic (exact) mass is 364 g/mol. The molecule has 132 valence electrons. The fraction of sp³-hybridized carbons (Fsp3) is 0.471. The van der Waals surface area contributed by atoms with Gasteiger partial charge in [-0.2, -0.15) is 0 Å². The van der Waals surface area contributed by atoms with E-state index in [1.807, 2.05) is 0 Å². The van der Waals surface area contributed by atoms with E-state index in [9.17, 15) is 14.4 Å². The first-order valence-electron chi connectivity index (χ1n) is 8.17. The average molecular weight is 365 g/mol. The number of halogens is 1. The lowest BCUT2D eigenvalue weighted by Crippen LogP contribution is -2.37.